The fraction of sp³-hybridized carbons (Fsp3) is 0.280. The molecule has 4 saturated carbocycles. The maximum atomic E-state index is 6.70. The van der Waals surface area contributed by atoms with Crippen LogP contribution in [0.5, 0.6) is 11.5 Å². The van der Waals surface area contributed by atoms with Crippen LogP contribution in [-0.2, 0) is 5.41 Å². The lowest BCUT2D eigenvalue weighted by atomic mass is 9.52. The lowest BCUT2D eigenvalue weighted by molar-refractivity contribution is 0.000557. The van der Waals surface area contributed by atoms with Crippen LogP contribution in [0.15, 0.2) is 146 Å². The van der Waals surface area contributed by atoms with Gasteiger partial charge in [-0.3, -0.25) is 0 Å². The van der Waals surface area contributed by atoms with Gasteiger partial charge in [0.25, 0.3) is 0 Å². The molecule has 0 aliphatic heterocycles. The van der Waals surface area contributed by atoms with E-state index in [0.29, 0.717) is 5.02 Å². The summed E-state index contributed by atoms with van der Waals surface area (Å²) >= 11 is 6.29. The highest BCUT2D eigenvalue weighted by atomic mass is 35.5. The van der Waals surface area contributed by atoms with Crippen LogP contribution in [0.4, 0.5) is 11.4 Å². The Bertz CT molecular complexity index is 2180. The van der Waals surface area contributed by atoms with Crippen molar-refractivity contribution in [2.75, 3.05) is 4.90 Å². The zero-order valence-corrected chi connectivity index (χ0v) is 31.8. The van der Waals surface area contributed by atoms with E-state index >= 15 is 0 Å². The van der Waals surface area contributed by atoms with Gasteiger partial charge in [-0.15, -0.1) is 0 Å². The van der Waals surface area contributed by atoms with Crippen molar-refractivity contribution in [1.82, 2.24) is 0 Å². The van der Waals surface area contributed by atoms with E-state index in [9.17, 15) is 0 Å². The van der Waals surface area contributed by atoms with E-state index in [-0.39, 0.29) is 11.0 Å². The Hall–Kier alpha value is -4.79. The molecule has 4 fully saturated rings. The third kappa shape index (κ3) is 6.79. The quantitative estimate of drug-likeness (QED) is 0.156. The first-order valence-corrected chi connectivity index (χ1v) is 19.8. The van der Waals surface area contributed by atoms with Crippen molar-refractivity contribution < 1.29 is 4.74 Å². The molecular formula is C50H48ClNO. The Morgan fingerprint density at radius 3 is 1.70 bits per heavy atom. The molecule has 6 aromatic carbocycles. The van der Waals surface area contributed by atoms with E-state index in [1.54, 1.807) is 0 Å². The van der Waals surface area contributed by atoms with Gasteiger partial charge in [0, 0.05) is 28.0 Å². The van der Waals surface area contributed by atoms with E-state index in [0.717, 1.165) is 34.8 Å². The molecule has 0 spiro atoms. The van der Waals surface area contributed by atoms with Crippen LogP contribution in [0, 0.1) is 17.8 Å². The first kappa shape index (κ1) is 34.0. The van der Waals surface area contributed by atoms with Crippen molar-refractivity contribution in [1.29, 1.82) is 0 Å². The topological polar surface area (TPSA) is 12.5 Å². The Balaban J connectivity index is 1.25. The second kappa shape index (κ2) is 13.6. The van der Waals surface area contributed by atoms with Gasteiger partial charge >= 0.3 is 0 Å². The number of hydrogen-bond donors (Lipinski definition) is 0. The summed E-state index contributed by atoms with van der Waals surface area (Å²) in [5, 5.41) is 0.701. The highest BCUT2D eigenvalue weighted by Gasteiger charge is 2.54. The fourth-order valence-electron chi connectivity index (χ4n) is 10.2. The van der Waals surface area contributed by atoms with Gasteiger partial charge in [-0.05, 0) is 149 Å². The smallest absolute Gasteiger partial charge is 0.130 e. The van der Waals surface area contributed by atoms with Gasteiger partial charge in [0.1, 0.15) is 11.5 Å². The lowest BCUT2D eigenvalue weighted by Crippen LogP contribution is -2.58. The second-order valence-corrected chi connectivity index (χ2v) is 17.5. The summed E-state index contributed by atoms with van der Waals surface area (Å²) in [5.41, 5.74) is 11.2. The van der Waals surface area contributed by atoms with Crippen molar-refractivity contribution in [3.05, 3.63) is 156 Å². The predicted octanol–water partition coefficient (Wildman–Crippen LogP) is 14.5. The van der Waals surface area contributed by atoms with Crippen LogP contribution in [0.25, 0.3) is 33.4 Å². The first-order valence-electron chi connectivity index (χ1n) is 19.4. The summed E-state index contributed by atoms with van der Waals surface area (Å²) in [7, 11) is 0. The molecule has 0 heterocycles. The van der Waals surface area contributed by atoms with E-state index in [4.69, 9.17) is 16.3 Å². The Kier molecular flexibility index (Phi) is 8.70. The van der Waals surface area contributed by atoms with Crippen LogP contribution < -0.4 is 9.64 Å². The third-order valence-electron chi connectivity index (χ3n) is 12.2. The summed E-state index contributed by atoms with van der Waals surface area (Å²) in [5.74, 6) is 3.98. The summed E-state index contributed by atoms with van der Waals surface area (Å²) in [6.07, 6.45) is 7.87. The van der Waals surface area contributed by atoms with Crippen molar-refractivity contribution >= 4 is 23.0 Å². The highest BCUT2D eigenvalue weighted by molar-refractivity contribution is 6.30. The molecule has 0 atom stereocenters. The number of hydrogen-bond acceptors (Lipinski definition) is 2. The Morgan fingerprint density at radius 1 is 0.528 bits per heavy atom. The molecule has 0 saturated heterocycles. The minimum atomic E-state index is 0.0449. The van der Waals surface area contributed by atoms with E-state index in [2.05, 4.69) is 147 Å². The molecule has 6 aromatic rings. The third-order valence-corrected chi connectivity index (χ3v) is 12.4. The summed E-state index contributed by atoms with van der Waals surface area (Å²) in [6.45, 7) is 6.82. The molecule has 266 valence electrons. The van der Waals surface area contributed by atoms with Crippen LogP contribution in [-0.4, -0.2) is 5.54 Å². The molecule has 2 nitrogen and oxygen atoms in total. The molecule has 3 heteroatoms. The predicted molar refractivity (Wildman–Crippen MR) is 222 cm³/mol. The van der Waals surface area contributed by atoms with Crippen molar-refractivity contribution in [2.45, 2.75) is 70.3 Å². The molecular weight excluding hydrogens is 666 g/mol. The van der Waals surface area contributed by atoms with Crippen molar-refractivity contribution in [3.8, 4) is 44.9 Å². The van der Waals surface area contributed by atoms with Crippen LogP contribution in [0.3, 0.4) is 0 Å². The molecule has 4 aliphatic rings. The second-order valence-electron chi connectivity index (χ2n) is 17.0. The van der Waals surface area contributed by atoms with Crippen LogP contribution in [0.2, 0.25) is 5.02 Å². The largest absolute Gasteiger partial charge is 0.457 e. The molecule has 0 unspecified atom stereocenters. The molecule has 0 radical (unpaired) electrons. The van der Waals surface area contributed by atoms with Crippen molar-refractivity contribution in [3.63, 3.8) is 0 Å². The summed E-state index contributed by atoms with van der Waals surface area (Å²) < 4.78 is 6.70. The van der Waals surface area contributed by atoms with Crippen LogP contribution >= 0.6 is 11.6 Å². The Labute approximate surface area is 320 Å². The molecule has 0 N–H and O–H groups in total. The average molecular weight is 714 g/mol. The van der Waals surface area contributed by atoms with Gasteiger partial charge in [0.15, 0.2) is 0 Å². The van der Waals surface area contributed by atoms with Crippen LogP contribution in [0.1, 0.15) is 64.9 Å². The minimum Gasteiger partial charge on any atom is -0.457 e. The zero-order chi connectivity index (χ0) is 36.2. The average Bonchev–Trinajstić information content (AvgIpc) is 3.15. The summed E-state index contributed by atoms with van der Waals surface area (Å²) in [4.78, 5) is 2.76. The van der Waals surface area contributed by atoms with Gasteiger partial charge in [-0.25, -0.2) is 0 Å². The molecule has 10 rings (SSSR count). The molecule has 0 amide bonds. The van der Waals surface area contributed by atoms with E-state index in [1.165, 1.54) is 83.3 Å². The number of benzene rings is 6. The monoisotopic (exact) mass is 713 g/mol. The normalized spacial score (nSPS) is 21.8. The highest BCUT2D eigenvalue weighted by Crippen LogP contribution is 2.60. The Morgan fingerprint density at radius 2 is 1.11 bits per heavy atom. The number of halogens is 1. The van der Waals surface area contributed by atoms with Crippen molar-refractivity contribution in [2.24, 2.45) is 17.8 Å². The number of rotatable bonds is 8. The van der Waals surface area contributed by atoms with Gasteiger partial charge in [-0.2, -0.15) is 0 Å². The fourth-order valence-corrected chi connectivity index (χ4v) is 10.3. The summed E-state index contributed by atoms with van der Waals surface area (Å²) in [6, 6.07) is 52.7. The number of anilines is 2. The minimum absolute atomic E-state index is 0.0449. The SMILES string of the molecule is CC(C)(C)c1ccc(-c2cc(Oc3ccc(Cl)cc3)cc(N(c3ccc(-c4ccccc4)c(-c4ccccc4)c3)C34CC5CC(CC(C5)C3)C4)c2)cc1. The van der Waals surface area contributed by atoms with E-state index < -0.39 is 0 Å². The molecule has 4 aliphatic carbocycles. The molecule has 4 bridgehead atoms. The van der Waals surface area contributed by atoms with Gasteiger partial charge in [0.2, 0.25) is 0 Å². The molecule has 0 aromatic heterocycles. The maximum Gasteiger partial charge on any atom is 0.130 e. The lowest BCUT2D eigenvalue weighted by Gasteiger charge is -2.61. The van der Waals surface area contributed by atoms with Gasteiger partial charge < -0.3 is 9.64 Å². The maximum absolute atomic E-state index is 6.70. The number of ether oxygens (including phenoxy) is 1. The zero-order valence-electron chi connectivity index (χ0n) is 31.1. The van der Waals surface area contributed by atoms with Gasteiger partial charge in [0.05, 0.1) is 0 Å². The standard InChI is InChI=1S/C50H48ClNO/c1-49(2,3)41-16-14-37(15-17-41)40-27-44(29-46(28-40)53-45-21-18-42(51)19-22-45)52(50-31-34-24-35(32-50)26-36(25-34)33-50)43-20-23-47(38-10-6-4-7-11-38)48(30-43)39-12-8-5-9-13-39/h4-23,27-30,34-36H,24-26,31-33H2,1-3H3. The van der Waals surface area contributed by atoms with Gasteiger partial charge in [-0.1, -0.05) is 123 Å². The first-order chi connectivity index (χ1) is 25.7. The van der Waals surface area contributed by atoms with E-state index in [1.807, 2.05) is 24.3 Å². The number of nitrogens with zero attached hydrogens (tertiary/aromatic N) is 1. The molecule has 53 heavy (non-hydrogen) atoms.